The van der Waals surface area contributed by atoms with Gasteiger partial charge >= 0.3 is 0 Å². The lowest BCUT2D eigenvalue weighted by Crippen LogP contribution is -2.42. The summed E-state index contributed by atoms with van der Waals surface area (Å²) in [6.45, 7) is 2.45. The van der Waals surface area contributed by atoms with Crippen LogP contribution in [0.1, 0.15) is 25.0 Å². The first-order chi connectivity index (χ1) is 10.7. The maximum atomic E-state index is 11.5. The Hall–Kier alpha value is -2.13. The van der Waals surface area contributed by atoms with Crippen molar-refractivity contribution >= 4 is 11.6 Å². The Morgan fingerprint density at radius 1 is 1.36 bits per heavy atom. The molecule has 0 bridgehead atoms. The second-order valence-corrected chi connectivity index (χ2v) is 5.97. The van der Waals surface area contributed by atoms with E-state index in [-0.39, 0.29) is 17.9 Å². The van der Waals surface area contributed by atoms with Crippen molar-refractivity contribution in [2.45, 2.75) is 25.4 Å². The summed E-state index contributed by atoms with van der Waals surface area (Å²) in [7, 11) is 0. The van der Waals surface area contributed by atoms with Crippen LogP contribution in [0.2, 0.25) is 0 Å². The summed E-state index contributed by atoms with van der Waals surface area (Å²) in [5, 5.41) is 8.79. The van der Waals surface area contributed by atoms with E-state index in [1.54, 1.807) is 12.3 Å². The Morgan fingerprint density at radius 2 is 2.14 bits per heavy atom. The molecule has 3 heterocycles. The maximum absolute atomic E-state index is 11.5. The number of primary amides is 1. The molecule has 0 saturated carbocycles. The lowest BCUT2D eigenvalue weighted by molar-refractivity contribution is -0.124. The molecule has 1 aromatic heterocycles. The zero-order valence-electron chi connectivity index (χ0n) is 12.4. The number of hydrogen-bond donors (Lipinski definition) is 1. The standard InChI is InChI=1S/C16H20N4O2/c17-9-12-1-2-13(10-19-12)20-6-3-11(4-7-20)15-14(16(18)21)5-8-22-15/h1-2,10-11,14-15H,3-8H2,(H2,18,21)/t14-,15+/m0/s1. The van der Waals surface area contributed by atoms with Crippen molar-refractivity contribution < 1.29 is 9.53 Å². The topological polar surface area (TPSA) is 92.2 Å². The quantitative estimate of drug-likeness (QED) is 0.901. The average molecular weight is 300 g/mol. The number of pyridine rings is 1. The van der Waals surface area contributed by atoms with Crippen molar-refractivity contribution in [1.29, 1.82) is 5.26 Å². The van der Waals surface area contributed by atoms with Gasteiger partial charge in [0.15, 0.2) is 0 Å². The van der Waals surface area contributed by atoms with Gasteiger partial charge in [-0.1, -0.05) is 0 Å². The maximum Gasteiger partial charge on any atom is 0.223 e. The van der Waals surface area contributed by atoms with E-state index in [0.29, 0.717) is 18.2 Å². The highest BCUT2D eigenvalue weighted by atomic mass is 16.5. The minimum atomic E-state index is -0.235. The van der Waals surface area contributed by atoms with Gasteiger partial charge in [-0.05, 0) is 37.3 Å². The van der Waals surface area contributed by atoms with E-state index in [0.717, 1.165) is 38.0 Å². The summed E-state index contributed by atoms with van der Waals surface area (Å²) < 4.78 is 5.77. The van der Waals surface area contributed by atoms with Crippen molar-refractivity contribution in [2.24, 2.45) is 17.6 Å². The fourth-order valence-corrected chi connectivity index (χ4v) is 3.51. The number of piperidine rings is 1. The van der Waals surface area contributed by atoms with Crippen LogP contribution in [-0.2, 0) is 9.53 Å². The van der Waals surface area contributed by atoms with Crippen LogP contribution in [-0.4, -0.2) is 36.7 Å². The molecule has 2 aliphatic heterocycles. The largest absolute Gasteiger partial charge is 0.377 e. The number of rotatable bonds is 3. The van der Waals surface area contributed by atoms with Gasteiger partial charge in [0.1, 0.15) is 11.8 Å². The molecule has 2 saturated heterocycles. The summed E-state index contributed by atoms with van der Waals surface area (Å²) in [6.07, 6.45) is 4.44. The number of amides is 1. The predicted molar refractivity (Wildman–Crippen MR) is 80.9 cm³/mol. The summed E-state index contributed by atoms with van der Waals surface area (Å²) in [4.78, 5) is 17.9. The molecule has 0 radical (unpaired) electrons. The van der Waals surface area contributed by atoms with Crippen LogP contribution in [0.3, 0.4) is 0 Å². The highest BCUT2D eigenvalue weighted by molar-refractivity contribution is 5.77. The molecule has 0 unspecified atom stereocenters. The van der Waals surface area contributed by atoms with Gasteiger partial charge in [0.05, 0.1) is 23.9 Å². The predicted octanol–water partition coefficient (Wildman–Crippen LogP) is 1.06. The van der Waals surface area contributed by atoms with Gasteiger partial charge in [-0.2, -0.15) is 5.26 Å². The van der Waals surface area contributed by atoms with Crippen molar-refractivity contribution in [3.05, 3.63) is 24.0 Å². The van der Waals surface area contributed by atoms with Crippen molar-refractivity contribution in [3.63, 3.8) is 0 Å². The number of carbonyl (C=O) groups is 1. The molecule has 116 valence electrons. The van der Waals surface area contributed by atoms with E-state index < -0.39 is 0 Å². The van der Waals surface area contributed by atoms with Gasteiger partial charge in [-0.25, -0.2) is 4.98 Å². The van der Waals surface area contributed by atoms with Crippen LogP contribution >= 0.6 is 0 Å². The number of nitrogens with zero attached hydrogens (tertiary/aromatic N) is 3. The van der Waals surface area contributed by atoms with Crippen LogP contribution in [0.5, 0.6) is 0 Å². The third kappa shape index (κ3) is 2.90. The number of anilines is 1. The summed E-state index contributed by atoms with van der Waals surface area (Å²) >= 11 is 0. The molecule has 3 rings (SSSR count). The van der Waals surface area contributed by atoms with E-state index in [1.807, 2.05) is 12.1 Å². The van der Waals surface area contributed by atoms with Gasteiger partial charge in [-0.15, -0.1) is 0 Å². The molecule has 2 atom stereocenters. The third-order valence-corrected chi connectivity index (χ3v) is 4.73. The van der Waals surface area contributed by atoms with Crippen LogP contribution in [0, 0.1) is 23.2 Å². The molecule has 2 N–H and O–H groups in total. The number of ether oxygens (including phenoxy) is 1. The van der Waals surface area contributed by atoms with Crippen LogP contribution in [0.4, 0.5) is 5.69 Å². The molecular weight excluding hydrogens is 280 g/mol. The Labute approximate surface area is 129 Å². The Kier molecular flexibility index (Phi) is 4.25. The molecule has 2 fully saturated rings. The minimum absolute atomic E-state index is 0.0151. The molecule has 2 aliphatic rings. The third-order valence-electron chi connectivity index (χ3n) is 4.73. The number of nitrogens with two attached hydrogens (primary N) is 1. The molecule has 6 heteroatoms. The molecule has 0 aromatic carbocycles. The molecule has 22 heavy (non-hydrogen) atoms. The van der Waals surface area contributed by atoms with Gasteiger partial charge in [0.25, 0.3) is 0 Å². The smallest absolute Gasteiger partial charge is 0.223 e. The molecular formula is C16H20N4O2. The van der Waals surface area contributed by atoms with Crippen LogP contribution in [0.25, 0.3) is 0 Å². The second-order valence-electron chi connectivity index (χ2n) is 5.97. The monoisotopic (exact) mass is 300 g/mol. The zero-order chi connectivity index (χ0) is 15.5. The van der Waals surface area contributed by atoms with Crippen molar-refractivity contribution in [1.82, 2.24) is 4.98 Å². The summed E-state index contributed by atoms with van der Waals surface area (Å²) in [5.41, 5.74) is 6.95. The van der Waals surface area contributed by atoms with E-state index in [4.69, 9.17) is 15.7 Å². The van der Waals surface area contributed by atoms with Crippen LogP contribution in [0.15, 0.2) is 18.3 Å². The number of carbonyl (C=O) groups excluding carboxylic acids is 1. The molecule has 1 amide bonds. The average Bonchev–Trinajstić information content (AvgIpc) is 3.05. The van der Waals surface area contributed by atoms with Gasteiger partial charge < -0.3 is 15.4 Å². The van der Waals surface area contributed by atoms with E-state index in [9.17, 15) is 4.79 Å². The molecule has 1 aromatic rings. The number of nitriles is 1. The zero-order valence-corrected chi connectivity index (χ0v) is 12.4. The molecule has 0 spiro atoms. The minimum Gasteiger partial charge on any atom is -0.377 e. The normalized spacial score (nSPS) is 25.9. The Balaban J connectivity index is 1.60. The van der Waals surface area contributed by atoms with E-state index in [1.165, 1.54) is 0 Å². The van der Waals surface area contributed by atoms with Crippen molar-refractivity contribution in [2.75, 3.05) is 24.6 Å². The lowest BCUT2D eigenvalue weighted by Gasteiger charge is -2.36. The van der Waals surface area contributed by atoms with Gasteiger partial charge in [0.2, 0.25) is 5.91 Å². The first-order valence-electron chi connectivity index (χ1n) is 7.71. The van der Waals surface area contributed by atoms with Gasteiger partial charge in [0, 0.05) is 19.7 Å². The Morgan fingerprint density at radius 3 is 2.73 bits per heavy atom. The van der Waals surface area contributed by atoms with Crippen molar-refractivity contribution in [3.8, 4) is 6.07 Å². The lowest BCUT2D eigenvalue weighted by atomic mass is 9.84. The molecule has 6 nitrogen and oxygen atoms in total. The molecule has 0 aliphatic carbocycles. The fraction of sp³-hybridized carbons (Fsp3) is 0.562. The van der Waals surface area contributed by atoms with Crippen LogP contribution < -0.4 is 10.6 Å². The highest BCUT2D eigenvalue weighted by Gasteiger charge is 2.39. The van der Waals surface area contributed by atoms with E-state index in [2.05, 4.69) is 9.88 Å². The number of hydrogen-bond acceptors (Lipinski definition) is 5. The van der Waals surface area contributed by atoms with E-state index >= 15 is 0 Å². The summed E-state index contributed by atoms with van der Waals surface area (Å²) in [6, 6.07) is 5.70. The van der Waals surface area contributed by atoms with Gasteiger partial charge in [-0.3, -0.25) is 4.79 Å². The number of aromatic nitrogens is 1. The fourth-order valence-electron chi connectivity index (χ4n) is 3.51. The first kappa shape index (κ1) is 14.8. The Bertz CT molecular complexity index is 573. The summed E-state index contributed by atoms with van der Waals surface area (Å²) in [5.74, 6) is 0.0249. The highest BCUT2D eigenvalue weighted by Crippen LogP contribution is 2.34. The second kappa shape index (κ2) is 6.32. The first-order valence-corrected chi connectivity index (χ1v) is 7.71. The SMILES string of the molecule is N#Cc1ccc(N2CCC([C@H]3OCC[C@@H]3C(N)=O)CC2)cn1.